The fourth-order valence-electron chi connectivity index (χ4n) is 2.36. The first-order chi connectivity index (χ1) is 11.9. The van der Waals surface area contributed by atoms with Crippen LogP contribution in [0.2, 0.25) is 5.02 Å². The van der Waals surface area contributed by atoms with E-state index in [1.165, 1.54) is 6.07 Å². The third-order valence-corrected chi connectivity index (χ3v) is 3.85. The number of rotatable bonds is 3. The molecule has 0 saturated heterocycles. The van der Waals surface area contributed by atoms with Crippen LogP contribution in [0.5, 0.6) is 0 Å². The van der Waals surface area contributed by atoms with Crippen molar-refractivity contribution in [2.45, 2.75) is 6.18 Å². The molecule has 0 atom stereocenters. The molecule has 0 spiro atoms. The van der Waals surface area contributed by atoms with Gasteiger partial charge in [-0.15, -0.1) is 0 Å². The highest BCUT2D eigenvalue weighted by Gasteiger charge is 2.30. The molecule has 8 heteroatoms. The predicted octanol–water partition coefficient (Wildman–Crippen LogP) is 4.65. The molecule has 2 N–H and O–H groups in total. The van der Waals surface area contributed by atoms with E-state index in [1.807, 2.05) is 18.2 Å². The van der Waals surface area contributed by atoms with Crippen LogP contribution >= 0.6 is 11.6 Å². The molecule has 1 aromatic heterocycles. The van der Waals surface area contributed by atoms with Crippen molar-refractivity contribution >= 4 is 29.2 Å². The lowest BCUT2D eigenvalue weighted by molar-refractivity contribution is -0.137. The van der Waals surface area contributed by atoms with Crippen LogP contribution < -0.4 is 10.6 Å². The van der Waals surface area contributed by atoms with Crippen LogP contribution in [-0.2, 0) is 10.9 Å². The summed E-state index contributed by atoms with van der Waals surface area (Å²) in [6, 6.07) is 7.79. The molecule has 2 aromatic rings. The van der Waals surface area contributed by atoms with E-state index in [9.17, 15) is 13.2 Å². The first-order valence-corrected chi connectivity index (χ1v) is 7.87. The van der Waals surface area contributed by atoms with Crippen LogP contribution in [0, 0.1) is 0 Å². The average molecular weight is 370 g/mol. The maximum Gasteiger partial charge on any atom is 0.417 e. The molecule has 0 radical (unpaired) electrons. The first-order valence-electron chi connectivity index (χ1n) is 7.49. The molecule has 0 aliphatic carbocycles. The number of anilines is 2. The number of nitrogens with zero attached hydrogens (tertiary/aromatic N) is 1. The Kier molecular flexibility index (Phi) is 5.15. The Bertz CT molecular complexity index is 776. The minimum atomic E-state index is -4.39. The molecule has 0 amide bonds. The number of hydrogen-bond acceptors (Lipinski definition) is 4. The van der Waals surface area contributed by atoms with Crippen LogP contribution in [-0.4, -0.2) is 24.9 Å². The zero-order chi connectivity index (χ0) is 17.9. The molecule has 1 aromatic carbocycles. The van der Waals surface area contributed by atoms with E-state index in [-0.39, 0.29) is 0 Å². The normalized spacial score (nSPS) is 16.7. The number of nitrogens with one attached hydrogen (secondary N) is 2. The number of aromatic nitrogens is 1. The summed E-state index contributed by atoms with van der Waals surface area (Å²) in [5.41, 5.74) is 1.97. The summed E-state index contributed by atoms with van der Waals surface area (Å²) in [7, 11) is 0. The number of pyridine rings is 1. The maximum absolute atomic E-state index is 12.6. The van der Waals surface area contributed by atoms with Gasteiger partial charge in [0.25, 0.3) is 0 Å². The molecule has 0 fully saturated rings. The molecule has 4 nitrogen and oxygen atoms in total. The van der Waals surface area contributed by atoms with Crippen LogP contribution in [0.1, 0.15) is 11.1 Å². The van der Waals surface area contributed by atoms with Crippen molar-refractivity contribution in [3.8, 4) is 0 Å². The van der Waals surface area contributed by atoms with E-state index in [0.29, 0.717) is 30.7 Å². The number of alkyl halides is 3. The molecule has 0 bridgehead atoms. The van der Waals surface area contributed by atoms with Gasteiger partial charge in [0.15, 0.2) is 0 Å². The van der Waals surface area contributed by atoms with Crippen LogP contribution in [0.25, 0.3) is 6.08 Å². The predicted molar refractivity (Wildman–Crippen MR) is 91.6 cm³/mol. The second-order valence-electron chi connectivity index (χ2n) is 5.49. The van der Waals surface area contributed by atoms with Crippen LogP contribution in [0.4, 0.5) is 24.7 Å². The van der Waals surface area contributed by atoms with Crippen molar-refractivity contribution in [1.82, 2.24) is 4.98 Å². The molecule has 132 valence electrons. The number of ether oxygens (including phenoxy) is 1. The molecular formula is C17H15ClF3N3O. The van der Waals surface area contributed by atoms with E-state index < -0.39 is 11.7 Å². The topological polar surface area (TPSA) is 46.2 Å². The van der Waals surface area contributed by atoms with Crippen molar-refractivity contribution in [3.05, 3.63) is 58.3 Å². The molecule has 3 rings (SSSR count). The Hall–Kier alpha value is -2.25. The van der Waals surface area contributed by atoms with E-state index in [0.717, 1.165) is 29.1 Å². The molecule has 25 heavy (non-hydrogen) atoms. The summed E-state index contributed by atoms with van der Waals surface area (Å²) < 4.78 is 43.2. The average Bonchev–Trinajstić information content (AvgIpc) is 2.55. The van der Waals surface area contributed by atoms with E-state index in [4.69, 9.17) is 16.3 Å². The summed E-state index contributed by atoms with van der Waals surface area (Å²) in [5.74, 6) is 0.361. The van der Waals surface area contributed by atoms with Crippen molar-refractivity contribution in [3.63, 3.8) is 0 Å². The fraction of sp³-hybridized carbons (Fsp3) is 0.235. The van der Waals surface area contributed by atoms with Gasteiger partial charge in [0.05, 0.1) is 12.2 Å². The minimum absolute atomic E-state index is 0.352. The monoisotopic (exact) mass is 369 g/mol. The molecule has 1 aliphatic rings. The smallest absolute Gasteiger partial charge is 0.366 e. The summed E-state index contributed by atoms with van der Waals surface area (Å²) in [6.45, 7) is 1.13. The Morgan fingerprint density at radius 2 is 2.08 bits per heavy atom. The Morgan fingerprint density at radius 1 is 1.24 bits per heavy atom. The lowest BCUT2D eigenvalue weighted by Gasteiger charge is -2.17. The quantitative estimate of drug-likeness (QED) is 0.826. The van der Waals surface area contributed by atoms with Gasteiger partial charge in [0.1, 0.15) is 12.5 Å². The second kappa shape index (κ2) is 7.33. The maximum atomic E-state index is 12.6. The molecule has 1 aliphatic heterocycles. The number of halogens is 4. The standard InChI is InChI=1S/C17H15ClF3N3O/c18-14-2-3-15-12(6-14)5-11(9-25-10-24-15)7-22-16-4-1-13(8-23-16)17(19,20)21/h1-6,8,24H,7,9-10H2,(H,22,23)/b11-5-. The summed E-state index contributed by atoms with van der Waals surface area (Å²) >= 11 is 6.04. The van der Waals surface area contributed by atoms with Crippen molar-refractivity contribution in [2.75, 3.05) is 30.5 Å². The molecule has 0 saturated carbocycles. The molecule has 2 heterocycles. The number of benzene rings is 1. The van der Waals surface area contributed by atoms with Gasteiger partial charge in [-0.2, -0.15) is 13.2 Å². The number of fused-ring (bicyclic) bond motifs is 1. The molecule has 0 unspecified atom stereocenters. The van der Waals surface area contributed by atoms with Gasteiger partial charge in [-0.25, -0.2) is 4.98 Å². The summed E-state index contributed by atoms with van der Waals surface area (Å²) in [4.78, 5) is 3.80. The zero-order valence-electron chi connectivity index (χ0n) is 13.0. The van der Waals surface area contributed by atoms with Gasteiger partial charge in [-0.05, 0) is 47.5 Å². The molecular weight excluding hydrogens is 355 g/mol. The third-order valence-electron chi connectivity index (χ3n) is 3.61. The van der Waals surface area contributed by atoms with Gasteiger partial charge in [0, 0.05) is 23.5 Å². The third kappa shape index (κ3) is 4.64. The van der Waals surface area contributed by atoms with Crippen LogP contribution in [0.3, 0.4) is 0 Å². The first kappa shape index (κ1) is 17.6. The van der Waals surface area contributed by atoms with Gasteiger partial charge in [-0.1, -0.05) is 11.6 Å². The zero-order valence-corrected chi connectivity index (χ0v) is 13.8. The van der Waals surface area contributed by atoms with Gasteiger partial charge in [-0.3, -0.25) is 0 Å². The van der Waals surface area contributed by atoms with Crippen molar-refractivity contribution in [1.29, 1.82) is 0 Å². The van der Waals surface area contributed by atoms with Gasteiger partial charge in [0.2, 0.25) is 0 Å². The highest BCUT2D eigenvalue weighted by molar-refractivity contribution is 6.30. The van der Waals surface area contributed by atoms with Crippen LogP contribution in [0.15, 0.2) is 42.1 Å². The van der Waals surface area contributed by atoms with E-state index in [1.54, 1.807) is 6.07 Å². The Morgan fingerprint density at radius 3 is 2.80 bits per heavy atom. The summed E-state index contributed by atoms with van der Waals surface area (Å²) in [5, 5.41) is 6.77. The van der Waals surface area contributed by atoms with Crippen molar-refractivity contribution in [2.24, 2.45) is 0 Å². The fourth-order valence-corrected chi connectivity index (χ4v) is 2.54. The minimum Gasteiger partial charge on any atom is -0.366 e. The largest absolute Gasteiger partial charge is 0.417 e. The highest BCUT2D eigenvalue weighted by Crippen LogP contribution is 2.29. The second-order valence-corrected chi connectivity index (χ2v) is 5.92. The van der Waals surface area contributed by atoms with Gasteiger partial charge < -0.3 is 15.4 Å². The lowest BCUT2D eigenvalue weighted by Crippen LogP contribution is -2.16. The van der Waals surface area contributed by atoms with Crippen molar-refractivity contribution < 1.29 is 17.9 Å². The van der Waals surface area contributed by atoms with E-state index >= 15 is 0 Å². The summed E-state index contributed by atoms with van der Waals surface area (Å²) in [6.07, 6.45) is -1.65. The number of hydrogen-bond donors (Lipinski definition) is 2. The lowest BCUT2D eigenvalue weighted by atomic mass is 10.1. The van der Waals surface area contributed by atoms with E-state index in [2.05, 4.69) is 15.6 Å². The van der Waals surface area contributed by atoms with Gasteiger partial charge >= 0.3 is 6.18 Å². The Labute approximate surface area is 147 Å². The Balaban J connectivity index is 1.73. The SMILES string of the molecule is FC(F)(F)c1ccc(NC/C2=C/c3cc(Cl)ccc3NCOC2)nc1. The highest BCUT2D eigenvalue weighted by atomic mass is 35.5.